The molecule has 2 bridgehead atoms. The lowest BCUT2D eigenvalue weighted by molar-refractivity contribution is -0.169. The average molecular weight is 665 g/mol. The van der Waals surface area contributed by atoms with E-state index in [-0.39, 0.29) is 12.3 Å². The highest BCUT2D eigenvalue weighted by molar-refractivity contribution is 6.99. The molecule has 47 heavy (non-hydrogen) atoms. The number of hydrogen-bond donors (Lipinski definition) is 0. The van der Waals surface area contributed by atoms with Crippen molar-refractivity contribution >= 4 is 42.5 Å². The zero-order chi connectivity index (χ0) is 34.3. The highest BCUT2D eigenvalue weighted by Gasteiger charge is 2.65. The van der Waals surface area contributed by atoms with Crippen molar-refractivity contribution in [3.05, 3.63) is 72.4 Å². The van der Waals surface area contributed by atoms with E-state index in [9.17, 15) is 19.2 Å². The van der Waals surface area contributed by atoms with Gasteiger partial charge >= 0.3 is 17.9 Å². The third-order valence-corrected chi connectivity index (χ3v) is 14.3. The summed E-state index contributed by atoms with van der Waals surface area (Å²) >= 11 is 0. The fourth-order valence-corrected chi connectivity index (χ4v) is 12.0. The highest BCUT2D eigenvalue weighted by Crippen LogP contribution is 2.46. The Kier molecular flexibility index (Phi) is 9.79. The van der Waals surface area contributed by atoms with Gasteiger partial charge in [0.2, 0.25) is 5.91 Å². The van der Waals surface area contributed by atoms with E-state index in [4.69, 9.17) is 23.4 Å². The molecule has 252 valence electrons. The summed E-state index contributed by atoms with van der Waals surface area (Å²) in [6.07, 6.45) is -3.36. The average Bonchev–Trinajstić information content (AvgIpc) is 3.30. The fourth-order valence-electron chi connectivity index (χ4n) is 7.29. The lowest BCUT2D eigenvalue weighted by atomic mass is 9.82. The molecule has 1 amide bonds. The van der Waals surface area contributed by atoms with Gasteiger partial charge in [0.15, 0.2) is 12.3 Å². The van der Waals surface area contributed by atoms with E-state index >= 15 is 0 Å². The van der Waals surface area contributed by atoms with E-state index in [0.29, 0.717) is 0 Å². The lowest BCUT2D eigenvalue weighted by Gasteiger charge is -2.48. The number of esters is 3. The van der Waals surface area contributed by atoms with E-state index in [1.54, 1.807) is 24.9 Å². The molecule has 0 saturated carbocycles. The van der Waals surface area contributed by atoms with Crippen LogP contribution >= 0.6 is 0 Å². The van der Waals surface area contributed by atoms with Crippen molar-refractivity contribution in [2.75, 3.05) is 20.7 Å². The first-order valence-electron chi connectivity index (χ1n) is 15.9. The first-order chi connectivity index (χ1) is 22.2. The molecular formula is C35H44N2O9Si. The van der Waals surface area contributed by atoms with Gasteiger partial charge < -0.3 is 28.3 Å². The van der Waals surface area contributed by atoms with Crippen LogP contribution in [0, 0.1) is 5.92 Å². The number of likely N-dealkylation sites (N-methyl/N-ethyl adjacent to an activating group) is 2. The van der Waals surface area contributed by atoms with Crippen LogP contribution in [0.15, 0.2) is 72.4 Å². The first kappa shape index (κ1) is 34.5. The molecule has 2 aromatic carbocycles. The van der Waals surface area contributed by atoms with E-state index in [2.05, 4.69) is 20.8 Å². The minimum Gasteiger partial charge on any atom is -0.461 e. The van der Waals surface area contributed by atoms with Crippen LogP contribution in [-0.2, 0) is 42.6 Å². The maximum atomic E-state index is 14.2. The second kappa shape index (κ2) is 13.3. The molecule has 2 saturated heterocycles. The highest BCUT2D eigenvalue weighted by atomic mass is 28.4. The van der Waals surface area contributed by atoms with Crippen LogP contribution in [0.2, 0.25) is 5.04 Å². The van der Waals surface area contributed by atoms with E-state index in [1.165, 1.54) is 25.8 Å². The van der Waals surface area contributed by atoms with Crippen LogP contribution in [0.25, 0.3) is 0 Å². The Balaban J connectivity index is 1.72. The van der Waals surface area contributed by atoms with Crippen molar-refractivity contribution in [2.45, 2.75) is 83.3 Å². The molecular weight excluding hydrogens is 620 g/mol. The molecule has 3 aliphatic heterocycles. The van der Waals surface area contributed by atoms with Crippen molar-refractivity contribution in [3.63, 3.8) is 0 Å². The Bertz CT molecular complexity index is 1490. The van der Waals surface area contributed by atoms with Gasteiger partial charge in [0.25, 0.3) is 8.32 Å². The molecule has 3 heterocycles. The summed E-state index contributed by atoms with van der Waals surface area (Å²) in [5.41, 5.74) is 0.0634. The quantitative estimate of drug-likeness (QED) is 0.236. The Labute approximate surface area is 276 Å². The molecule has 0 unspecified atom stereocenters. The van der Waals surface area contributed by atoms with Gasteiger partial charge in [0.1, 0.15) is 24.0 Å². The molecule has 5 rings (SSSR count). The van der Waals surface area contributed by atoms with Gasteiger partial charge in [-0.1, -0.05) is 81.4 Å². The van der Waals surface area contributed by atoms with Gasteiger partial charge in [-0.25, -0.2) is 4.79 Å². The molecule has 12 heteroatoms. The smallest absolute Gasteiger partial charge is 0.354 e. The number of nitrogens with zero attached hydrogens (tertiary/aromatic N) is 2. The molecule has 0 aliphatic carbocycles. The molecule has 0 aromatic heterocycles. The number of benzene rings is 2. The Morgan fingerprint density at radius 2 is 1.38 bits per heavy atom. The number of fused-ring (bicyclic) bond motifs is 3. The predicted octanol–water partition coefficient (Wildman–Crippen LogP) is 2.37. The van der Waals surface area contributed by atoms with Crippen LogP contribution in [0.5, 0.6) is 0 Å². The summed E-state index contributed by atoms with van der Waals surface area (Å²) in [5, 5.41) is 1.53. The van der Waals surface area contributed by atoms with Crippen molar-refractivity contribution in [1.82, 2.24) is 9.80 Å². The first-order valence-corrected chi connectivity index (χ1v) is 17.8. The summed E-state index contributed by atoms with van der Waals surface area (Å²) in [6, 6.07) is 19.2. The Morgan fingerprint density at radius 3 is 1.87 bits per heavy atom. The fraction of sp³-hybridized carbons (Fsp3) is 0.486. The summed E-state index contributed by atoms with van der Waals surface area (Å²) < 4.78 is 31.5. The zero-order valence-corrected chi connectivity index (χ0v) is 29.2. The SMILES string of the molecule is CCOC(=O)C1=C[C@H]2[C@@H](C(=O)N1C)[C@H](OC(C)=O)[C@H]1O[C@H]([C@H](OC(C)=O)[C@@H]1O[Si](c1ccccc1)(c1ccccc1)C(C)(C)C)N2C. The summed E-state index contributed by atoms with van der Waals surface area (Å²) in [7, 11) is -0.0575. The van der Waals surface area contributed by atoms with E-state index in [1.807, 2.05) is 60.7 Å². The lowest BCUT2D eigenvalue weighted by Crippen LogP contribution is -2.70. The number of carbonyl (C=O) groups is 4. The maximum absolute atomic E-state index is 14.2. The normalized spacial score (nSPS) is 27.7. The van der Waals surface area contributed by atoms with Gasteiger partial charge in [-0.2, -0.15) is 0 Å². The monoisotopic (exact) mass is 664 g/mol. The molecule has 0 radical (unpaired) electrons. The minimum atomic E-state index is -3.28. The summed E-state index contributed by atoms with van der Waals surface area (Å²) in [6.45, 7) is 10.8. The predicted molar refractivity (Wildman–Crippen MR) is 175 cm³/mol. The largest absolute Gasteiger partial charge is 0.461 e. The van der Waals surface area contributed by atoms with E-state index in [0.717, 1.165) is 10.4 Å². The molecule has 2 fully saturated rings. The number of carbonyl (C=O) groups excluding carboxylic acids is 4. The number of amides is 1. The molecule has 7 atom stereocenters. The van der Waals surface area contributed by atoms with Crippen molar-refractivity contribution in [2.24, 2.45) is 5.92 Å². The van der Waals surface area contributed by atoms with Crippen molar-refractivity contribution < 1.29 is 42.6 Å². The Morgan fingerprint density at radius 1 is 0.851 bits per heavy atom. The topological polar surface area (TPSA) is 121 Å². The van der Waals surface area contributed by atoms with Crippen molar-refractivity contribution in [3.8, 4) is 0 Å². The van der Waals surface area contributed by atoms with Crippen LogP contribution in [0.3, 0.4) is 0 Å². The standard InChI is InChI=1S/C35H44N2O9Si/c1-9-42-34(41)26-20-25-27(32(40)36(26)7)28(43-21(2)38)29-30(31(44-22(3)39)33(45-29)37(25)8)46-47(35(4,5)6,23-16-12-10-13-17-23)24-18-14-11-15-19-24/h10-20,25,27-31,33H,9H2,1-8H3/t25-,27+,28-,29+,30+,31+,33+/m0/s1. The summed E-state index contributed by atoms with van der Waals surface area (Å²) in [4.78, 5) is 55.6. The minimum absolute atomic E-state index is 0.0634. The zero-order valence-electron chi connectivity index (χ0n) is 28.2. The molecule has 3 aliphatic rings. The molecule has 2 aromatic rings. The van der Waals surface area contributed by atoms with Gasteiger partial charge in [0.05, 0.1) is 12.5 Å². The summed E-state index contributed by atoms with van der Waals surface area (Å²) in [5.74, 6) is -3.22. The van der Waals surface area contributed by atoms with Gasteiger partial charge in [-0.3, -0.25) is 19.3 Å². The van der Waals surface area contributed by atoms with Crippen LogP contribution in [-0.4, -0.2) is 99.3 Å². The number of ether oxygens (including phenoxy) is 4. The Hall–Kier alpha value is -3.84. The third kappa shape index (κ3) is 6.15. The van der Waals surface area contributed by atoms with E-state index < -0.39 is 79.8 Å². The molecule has 0 spiro atoms. The second-order valence-corrected chi connectivity index (χ2v) is 17.5. The van der Waals surface area contributed by atoms with Crippen molar-refractivity contribution in [1.29, 1.82) is 0 Å². The third-order valence-electron chi connectivity index (χ3n) is 9.27. The van der Waals surface area contributed by atoms with Gasteiger partial charge in [-0.05, 0) is 35.5 Å². The molecule has 0 N–H and O–H groups in total. The van der Waals surface area contributed by atoms with Crippen LogP contribution < -0.4 is 10.4 Å². The van der Waals surface area contributed by atoms with Gasteiger partial charge in [0, 0.05) is 26.9 Å². The van der Waals surface area contributed by atoms with Gasteiger partial charge in [-0.15, -0.1) is 0 Å². The number of likely N-dealkylation sites (tertiary alicyclic amines) is 1. The second-order valence-electron chi connectivity index (χ2n) is 13.2. The number of rotatable bonds is 8. The number of hydrogen-bond acceptors (Lipinski definition) is 10. The van der Waals surface area contributed by atoms with Crippen LogP contribution in [0.4, 0.5) is 0 Å². The van der Waals surface area contributed by atoms with Crippen LogP contribution in [0.1, 0.15) is 41.5 Å². The molecule has 11 nitrogen and oxygen atoms in total. The maximum Gasteiger partial charge on any atom is 0.354 e.